The van der Waals surface area contributed by atoms with Gasteiger partial charge in [-0.25, -0.2) is 0 Å². The summed E-state index contributed by atoms with van der Waals surface area (Å²) in [4.78, 5) is 7.33. The lowest BCUT2D eigenvalue weighted by molar-refractivity contribution is 0.245. The zero-order valence-electron chi connectivity index (χ0n) is 20.0. The Hall–Kier alpha value is -3.95. The number of nitrogen functional groups attached to an aromatic ring is 1. The molecule has 0 saturated heterocycles. The number of para-hydroxylation sites is 1. The molecule has 0 bridgehead atoms. The summed E-state index contributed by atoms with van der Waals surface area (Å²) in [7, 11) is 0. The predicted octanol–water partition coefficient (Wildman–Crippen LogP) is 7.02. The topological polar surface area (TPSA) is 42.1 Å². The molecule has 1 aliphatic rings. The average Bonchev–Trinajstić information content (AvgIpc) is 2.89. The summed E-state index contributed by atoms with van der Waals surface area (Å²) in [5, 5.41) is 1.00. The molecule has 0 saturated carbocycles. The normalized spacial score (nSPS) is 13.6. The minimum Gasteiger partial charge on any atom is -0.398 e. The van der Waals surface area contributed by atoms with Crippen LogP contribution in [0.4, 0.5) is 5.69 Å². The van der Waals surface area contributed by atoms with Gasteiger partial charge in [0.1, 0.15) is 0 Å². The molecule has 35 heavy (non-hydrogen) atoms. The molecule has 1 aromatic heterocycles. The van der Waals surface area contributed by atoms with Crippen molar-refractivity contribution in [3.63, 3.8) is 0 Å². The second-order valence-electron chi connectivity index (χ2n) is 9.51. The first-order valence-electron chi connectivity index (χ1n) is 12.3. The van der Waals surface area contributed by atoms with Crippen LogP contribution < -0.4 is 5.73 Å². The van der Waals surface area contributed by atoms with Gasteiger partial charge >= 0.3 is 0 Å². The van der Waals surface area contributed by atoms with E-state index < -0.39 is 0 Å². The summed E-state index contributed by atoms with van der Waals surface area (Å²) in [6, 6.07) is 34.5. The van der Waals surface area contributed by atoms with Crippen molar-refractivity contribution in [2.75, 3.05) is 12.3 Å². The molecule has 6 rings (SSSR count). The molecule has 3 heteroatoms. The number of rotatable bonds is 4. The van der Waals surface area contributed by atoms with Gasteiger partial charge in [-0.1, -0.05) is 84.9 Å². The number of hydrogen-bond acceptors (Lipinski definition) is 3. The minimum atomic E-state index is 0.797. The lowest BCUT2D eigenvalue weighted by atomic mass is 9.96. The van der Waals surface area contributed by atoms with Gasteiger partial charge in [0, 0.05) is 36.3 Å². The molecule has 2 N–H and O–H groups in total. The Labute approximate surface area is 206 Å². The molecule has 4 aromatic carbocycles. The first-order valence-corrected chi connectivity index (χ1v) is 12.3. The molecule has 172 valence electrons. The first-order chi connectivity index (χ1) is 17.2. The predicted molar refractivity (Wildman–Crippen MR) is 146 cm³/mol. The minimum absolute atomic E-state index is 0.797. The van der Waals surface area contributed by atoms with E-state index in [9.17, 15) is 0 Å². The van der Waals surface area contributed by atoms with Gasteiger partial charge in [0.05, 0.1) is 11.2 Å². The average molecular weight is 456 g/mol. The second kappa shape index (κ2) is 9.01. The Morgan fingerprint density at radius 3 is 2.37 bits per heavy atom. The maximum atomic E-state index is 6.59. The Balaban J connectivity index is 1.25. The number of fused-ring (bicyclic) bond motifs is 2. The smallest absolute Gasteiger partial charge is 0.0726 e. The van der Waals surface area contributed by atoms with E-state index in [0.29, 0.717) is 0 Å². The Bertz CT molecular complexity index is 1520. The van der Waals surface area contributed by atoms with Gasteiger partial charge in [-0.3, -0.25) is 9.88 Å². The Kier molecular flexibility index (Phi) is 5.55. The van der Waals surface area contributed by atoms with Crippen LogP contribution in [0.5, 0.6) is 0 Å². The molecule has 2 heterocycles. The van der Waals surface area contributed by atoms with Crippen LogP contribution in [0.3, 0.4) is 0 Å². The standard InChI is InChI=1S/C32H29N3/c1-22-31(32(33)29-11-4-5-12-30(29)34-22)26-15-13-25(14-16-26)27-10-6-7-23(19-27)20-35-18-17-24-8-2-3-9-28(24)21-35/h2-16,19H,17-18,20-21H2,1H3,(H2,33,34). The van der Waals surface area contributed by atoms with Crippen LogP contribution in [0.15, 0.2) is 97.1 Å². The molecule has 0 fully saturated rings. The summed E-state index contributed by atoms with van der Waals surface area (Å²) in [5.41, 5.74) is 18.2. The molecule has 0 aliphatic carbocycles. The molecule has 5 aromatic rings. The number of benzene rings is 4. The van der Waals surface area contributed by atoms with Crippen molar-refractivity contribution < 1.29 is 0 Å². The van der Waals surface area contributed by atoms with Crippen LogP contribution in [0.2, 0.25) is 0 Å². The molecule has 0 amide bonds. The largest absolute Gasteiger partial charge is 0.398 e. The van der Waals surface area contributed by atoms with E-state index in [0.717, 1.165) is 59.5 Å². The van der Waals surface area contributed by atoms with Crippen LogP contribution in [-0.2, 0) is 19.5 Å². The van der Waals surface area contributed by atoms with E-state index in [2.05, 4.69) is 77.7 Å². The van der Waals surface area contributed by atoms with Gasteiger partial charge in [0.2, 0.25) is 0 Å². The highest BCUT2D eigenvalue weighted by atomic mass is 15.1. The van der Waals surface area contributed by atoms with Crippen molar-refractivity contribution in [2.24, 2.45) is 0 Å². The molecule has 0 radical (unpaired) electrons. The van der Waals surface area contributed by atoms with Crippen molar-refractivity contribution in [1.29, 1.82) is 0 Å². The van der Waals surface area contributed by atoms with E-state index in [-0.39, 0.29) is 0 Å². The fourth-order valence-corrected chi connectivity index (χ4v) is 5.36. The quantitative estimate of drug-likeness (QED) is 0.317. The van der Waals surface area contributed by atoms with Gasteiger partial charge in [-0.2, -0.15) is 0 Å². The zero-order valence-corrected chi connectivity index (χ0v) is 20.0. The Morgan fingerprint density at radius 2 is 1.51 bits per heavy atom. The Morgan fingerprint density at radius 1 is 0.771 bits per heavy atom. The van der Waals surface area contributed by atoms with Gasteiger partial charge < -0.3 is 5.73 Å². The number of nitrogens with zero attached hydrogens (tertiary/aromatic N) is 2. The number of aromatic nitrogens is 1. The third-order valence-electron chi connectivity index (χ3n) is 7.16. The lowest BCUT2D eigenvalue weighted by Crippen LogP contribution is -2.29. The molecular formula is C32H29N3. The summed E-state index contributed by atoms with van der Waals surface area (Å²) in [5.74, 6) is 0. The van der Waals surface area contributed by atoms with Gasteiger partial charge in [-0.05, 0) is 58.9 Å². The van der Waals surface area contributed by atoms with E-state index in [1.165, 1.54) is 27.8 Å². The van der Waals surface area contributed by atoms with Crippen LogP contribution in [0.1, 0.15) is 22.4 Å². The molecular weight excluding hydrogens is 426 g/mol. The molecule has 1 aliphatic heterocycles. The highest BCUT2D eigenvalue weighted by molar-refractivity contribution is 5.99. The van der Waals surface area contributed by atoms with Crippen LogP contribution in [-0.4, -0.2) is 16.4 Å². The van der Waals surface area contributed by atoms with Crippen molar-refractivity contribution in [1.82, 2.24) is 9.88 Å². The third kappa shape index (κ3) is 4.20. The summed E-state index contributed by atoms with van der Waals surface area (Å²) in [6.45, 7) is 5.14. The van der Waals surface area contributed by atoms with Crippen molar-refractivity contribution >= 4 is 16.6 Å². The first kappa shape index (κ1) is 21.6. The highest BCUT2D eigenvalue weighted by Crippen LogP contribution is 2.35. The number of nitrogens with two attached hydrogens (primary N) is 1. The fraction of sp³-hybridized carbons (Fsp3) is 0.156. The second-order valence-corrected chi connectivity index (χ2v) is 9.51. The maximum Gasteiger partial charge on any atom is 0.0726 e. The molecule has 0 atom stereocenters. The van der Waals surface area contributed by atoms with Gasteiger partial charge in [0.25, 0.3) is 0 Å². The monoisotopic (exact) mass is 455 g/mol. The number of hydrogen-bond donors (Lipinski definition) is 1. The van der Waals surface area contributed by atoms with Gasteiger partial charge in [-0.15, -0.1) is 0 Å². The SMILES string of the molecule is Cc1nc2ccccc2c(N)c1-c1ccc(-c2cccc(CN3CCc4ccccc4C3)c2)cc1. The van der Waals surface area contributed by atoms with Crippen molar-refractivity contribution in [2.45, 2.75) is 26.4 Å². The summed E-state index contributed by atoms with van der Waals surface area (Å²) in [6.07, 6.45) is 1.13. The zero-order chi connectivity index (χ0) is 23.8. The van der Waals surface area contributed by atoms with Crippen molar-refractivity contribution in [3.05, 3.63) is 119 Å². The van der Waals surface area contributed by atoms with Crippen LogP contribution >= 0.6 is 0 Å². The number of aryl methyl sites for hydroxylation is 1. The fourth-order valence-electron chi connectivity index (χ4n) is 5.36. The van der Waals surface area contributed by atoms with E-state index in [1.54, 1.807) is 0 Å². The lowest BCUT2D eigenvalue weighted by Gasteiger charge is -2.28. The third-order valence-corrected chi connectivity index (χ3v) is 7.16. The van der Waals surface area contributed by atoms with Crippen LogP contribution in [0.25, 0.3) is 33.2 Å². The molecule has 0 unspecified atom stereocenters. The maximum absolute atomic E-state index is 6.59. The summed E-state index contributed by atoms with van der Waals surface area (Å²) >= 11 is 0. The van der Waals surface area contributed by atoms with Crippen molar-refractivity contribution in [3.8, 4) is 22.3 Å². The highest BCUT2D eigenvalue weighted by Gasteiger charge is 2.16. The van der Waals surface area contributed by atoms with E-state index >= 15 is 0 Å². The van der Waals surface area contributed by atoms with E-state index in [1.807, 2.05) is 31.2 Å². The van der Waals surface area contributed by atoms with E-state index in [4.69, 9.17) is 10.7 Å². The summed E-state index contributed by atoms with van der Waals surface area (Å²) < 4.78 is 0. The number of anilines is 1. The molecule has 3 nitrogen and oxygen atoms in total. The molecule has 0 spiro atoms. The van der Waals surface area contributed by atoms with Crippen LogP contribution in [0, 0.1) is 6.92 Å². The van der Waals surface area contributed by atoms with Gasteiger partial charge in [0.15, 0.2) is 0 Å². The number of pyridine rings is 1.